The van der Waals surface area contributed by atoms with Crippen molar-refractivity contribution in [2.24, 2.45) is 16.8 Å². The van der Waals surface area contributed by atoms with Gasteiger partial charge in [-0.05, 0) is 37.0 Å². The Hall–Kier alpha value is -1.23. The molecule has 0 atom stereocenters. The molecule has 0 unspecified atom stereocenters. The Kier molecular flexibility index (Phi) is 3.57. The number of anilines is 1. The molecule has 2 rings (SSSR count). The minimum atomic E-state index is 0.143. The second-order valence-corrected chi connectivity index (χ2v) is 5.39. The molecule has 3 N–H and O–H groups in total. The highest BCUT2D eigenvalue weighted by Crippen LogP contribution is 2.32. The van der Waals surface area contributed by atoms with Crippen molar-refractivity contribution in [3.8, 4) is 0 Å². The third-order valence-corrected chi connectivity index (χ3v) is 3.48. The number of benzene rings is 1. The van der Waals surface area contributed by atoms with Gasteiger partial charge in [0, 0.05) is 29.3 Å². The fourth-order valence-electron chi connectivity index (χ4n) is 1.89. The Morgan fingerprint density at radius 3 is 2.88 bits per heavy atom. The molecule has 0 heterocycles. The van der Waals surface area contributed by atoms with Crippen LogP contribution in [0.2, 0.25) is 0 Å². The van der Waals surface area contributed by atoms with Crippen LogP contribution in [0.4, 0.5) is 5.69 Å². The van der Waals surface area contributed by atoms with Crippen molar-refractivity contribution in [3.63, 3.8) is 0 Å². The molecular formula is C12H16BrN3O. The van der Waals surface area contributed by atoms with Crippen LogP contribution < -0.4 is 10.6 Å². The highest BCUT2D eigenvalue weighted by Gasteiger charge is 2.24. The summed E-state index contributed by atoms with van der Waals surface area (Å²) in [4.78, 5) is 2.16. The molecule has 1 aliphatic carbocycles. The largest absolute Gasteiger partial charge is 0.409 e. The maximum absolute atomic E-state index is 8.81. The zero-order valence-corrected chi connectivity index (χ0v) is 11.3. The van der Waals surface area contributed by atoms with Gasteiger partial charge in [0.2, 0.25) is 0 Å². The Labute approximate surface area is 109 Å². The van der Waals surface area contributed by atoms with Crippen molar-refractivity contribution in [1.82, 2.24) is 0 Å². The van der Waals surface area contributed by atoms with E-state index in [2.05, 4.69) is 26.0 Å². The van der Waals surface area contributed by atoms with Crippen molar-refractivity contribution in [3.05, 3.63) is 28.2 Å². The summed E-state index contributed by atoms with van der Waals surface area (Å²) in [6.45, 7) is 1.02. The SMILES string of the molecule is CN(CC1CC1)c1ccc(Br)cc1/C(N)=N/O. The number of hydrogen-bond acceptors (Lipinski definition) is 3. The molecule has 1 aromatic carbocycles. The number of hydrogen-bond donors (Lipinski definition) is 2. The topological polar surface area (TPSA) is 61.8 Å². The number of oxime groups is 1. The number of rotatable bonds is 4. The van der Waals surface area contributed by atoms with Crippen LogP contribution in [-0.4, -0.2) is 24.6 Å². The van der Waals surface area contributed by atoms with Crippen LogP contribution in [0, 0.1) is 5.92 Å². The van der Waals surface area contributed by atoms with E-state index in [0.29, 0.717) is 0 Å². The maximum atomic E-state index is 8.81. The standard InChI is InChI=1S/C12H16BrN3O/c1-16(7-8-2-3-8)11-5-4-9(13)6-10(11)12(14)15-17/h4-6,8,17H,2-3,7H2,1H3,(H2,14,15). The average molecular weight is 298 g/mol. The minimum absolute atomic E-state index is 0.143. The third-order valence-electron chi connectivity index (χ3n) is 2.98. The molecule has 1 saturated carbocycles. The first kappa shape index (κ1) is 12.2. The lowest BCUT2D eigenvalue weighted by Crippen LogP contribution is -2.24. The highest BCUT2D eigenvalue weighted by atomic mass is 79.9. The summed E-state index contributed by atoms with van der Waals surface area (Å²) >= 11 is 3.40. The first-order valence-corrected chi connectivity index (χ1v) is 6.39. The van der Waals surface area contributed by atoms with Crippen molar-refractivity contribution in [2.45, 2.75) is 12.8 Å². The summed E-state index contributed by atoms with van der Waals surface area (Å²) in [6, 6.07) is 5.82. The van der Waals surface area contributed by atoms with Crippen LogP contribution in [-0.2, 0) is 0 Å². The van der Waals surface area contributed by atoms with Gasteiger partial charge in [-0.15, -0.1) is 0 Å². The number of halogens is 1. The van der Waals surface area contributed by atoms with Gasteiger partial charge in [0.15, 0.2) is 5.84 Å². The summed E-state index contributed by atoms with van der Waals surface area (Å²) in [7, 11) is 2.04. The molecule has 0 bridgehead atoms. The quantitative estimate of drug-likeness (QED) is 0.388. The molecule has 0 saturated heterocycles. The van der Waals surface area contributed by atoms with E-state index in [4.69, 9.17) is 10.9 Å². The number of nitrogens with zero attached hydrogens (tertiary/aromatic N) is 2. The normalized spacial score (nSPS) is 16.0. The summed E-state index contributed by atoms with van der Waals surface area (Å²) in [5, 5.41) is 11.9. The Balaban J connectivity index is 2.30. The van der Waals surface area contributed by atoms with Gasteiger partial charge in [-0.2, -0.15) is 0 Å². The summed E-state index contributed by atoms with van der Waals surface area (Å²) < 4.78 is 0.919. The minimum Gasteiger partial charge on any atom is -0.409 e. The predicted molar refractivity (Wildman–Crippen MR) is 72.6 cm³/mol. The average Bonchev–Trinajstić information content (AvgIpc) is 3.11. The monoisotopic (exact) mass is 297 g/mol. The van der Waals surface area contributed by atoms with E-state index in [1.54, 1.807) is 0 Å². The number of amidine groups is 1. The third kappa shape index (κ3) is 2.91. The lowest BCUT2D eigenvalue weighted by Gasteiger charge is -2.22. The molecule has 0 radical (unpaired) electrons. The van der Waals surface area contributed by atoms with Gasteiger partial charge in [-0.1, -0.05) is 21.1 Å². The molecule has 1 aromatic rings. The van der Waals surface area contributed by atoms with Gasteiger partial charge in [0.05, 0.1) is 0 Å². The smallest absolute Gasteiger partial charge is 0.172 e. The first-order chi connectivity index (χ1) is 8.11. The van der Waals surface area contributed by atoms with Gasteiger partial charge in [0.25, 0.3) is 0 Å². The molecule has 0 amide bonds. The molecule has 5 heteroatoms. The van der Waals surface area contributed by atoms with Crippen LogP contribution in [0.25, 0.3) is 0 Å². The van der Waals surface area contributed by atoms with Crippen molar-refractivity contribution < 1.29 is 5.21 Å². The number of nitrogens with two attached hydrogens (primary N) is 1. The summed E-state index contributed by atoms with van der Waals surface area (Å²) in [6.07, 6.45) is 2.61. The van der Waals surface area contributed by atoms with Crippen LogP contribution in [0.15, 0.2) is 27.8 Å². The second kappa shape index (κ2) is 4.96. The van der Waals surface area contributed by atoms with E-state index in [1.165, 1.54) is 12.8 Å². The molecule has 17 heavy (non-hydrogen) atoms. The van der Waals surface area contributed by atoms with E-state index in [0.717, 1.165) is 28.2 Å². The maximum Gasteiger partial charge on any atom is 0.172 e. The lowest BCUT2D eigenvalue weighted by molar-refractivity contribution is 0.318. The van der Waals surface area contributed by atoms with E-state index in [9.17, 15) is 0 Å². The van der Waals surface area contributed by atoms with E-state index < -0.39 is 0 Å². The molecule has 0 spiro atoms. The van der Waals surface area contributed by atoms with Crippen LogP contribution in [0.3, 0.4) is 0 Å². The van der Waals surface area contributed by atoms with Gasteiger partial charge in [-0.3, -0.25) is 0 Å². The van der Waals surface area contributed by atoms with Gasteiger partial charge in [-0.25, -0.2) is 0 Å². The summed E-state index contributed by atoms with van der Waals surface area (Å²) in [5.41, 5.74) is 7.45. The van der Waals surface area contributed by atoms with Crippen molar-refractivity contribution in [2.75, 3.05) is 18.5 Å². The van der Waals surface area contributed by atoms with Gasteiger partial charge < -0.3 is 15.8 Å². The molecular weight excluding hydrogens is 282 g/mol. The molecule has 1 aliphatic rings. The molecule has 0 aromatic heterocycles. The molecule has 1 fully saturated rings. The second-order valence-electron chi connectivity index (χ2n) is 4.47. The zero-order valence-electron chi connectivity index (χ0n) is 9.73. The Morgan fingerprint density at radius 1 is 1.59 bits per heavy atom. The van der Waals surface area contributed by atoms with Crippen LogP contribution in [0.1, 0.15) is 18.4 Å². The van der Waals surface area contributed by atoms with E-state index in [1.807, 2.05) is 25.2 Å². The molecule has 0 aliphatic heterocycles. The van der Waals surface area contributed by atoms with Crippen molar-refractivity contribution in [1.29, 1.82) is 0 Å². The zero-order chi connectivity index (χ0) is 12.4. The Morgan fingerprint density at radius 2 is 2.29 bits per heavy atom. The van der Waals surface area contributed by atoms with Crippen molar-refractivity contribution >= 4 is 27.5 Å². The van der Waals surface area contributed by atoms with Crippen LogP contribution in [0.5, 0.6) is 0 Å². The predicted octanol–water partition coefficient (Wildman–Crippen LogP) is 2.39. The molecule has 4 nitrogen and oxygen atoms in total. The lowest BCUT2D eigenvalue weighted by atomic mass is 10.1. The first-order valence-electron chi connectivity index (χ1n) is 5.60. The summed E-state index contributed by atoms with van der Waals surface area (Å²) in [5.74, 6) is 0.938. The van der Waals surface area contributed by atoms with Crippen LogP contribution >= 0.6 is 15.9 Å². The van der Waals surface area contributed by atoms with Gasteiger partial charge >= 0.3 is 0 Å². The fraction of sp³-hybridized carbons (Fsp3) is 0.417. The molecule has 92 valence electrons. The van der Waals surface area contributed by atoms with E-state index >= 15 is 0 Å². The Bertz CT molecular complexity index is 443. The van der Waals surface area contributed by atoms with Gasteiger partial charge in [0.1, 0.15) is 0 Å². The fourth-order valence-corrected chi connectivity index (χ4v) is 2.25. The highest BCUT2D eigenvalue weighted by molar-refractivity contribution is 9.10. The van der Waals surface area contributed by atoms with E-state index in [-0.39, 0.29) is 5.84 Å².